The van der Waals surface area contributed by atoms with Crippen molar-refractivity contribution in [3.8, 4) is 5.75 Å². The molecule has 3 N–H and O–H groups in total. The molecule has 1 amide bonds. The summed E-state index contributed by atoms with van der Waals surface area (Å²) in [5, 5.41) is 9.49. The third kappa shape index (κ3) is 7.01. The minimum atomic E-state index is 0.0413. The molecule has 0 fully saturated rings. The van der Waals surface area contributed by atoms with Crippen LogP contribution in [0.15, 0.2) is 53.5 Å². The molecule has 2 aromatic carbocycles. The van der Waals surface area contributed by atoms with Crippen LogP contribution in [0.3, 0.4) is 0 Å². The highest BCUT2D eigenvalue weighted by atomic mass is 16.5. The maximum atomic E-state index is 11.7. The molecule has 0 spiro atoms. The Kier molecular flexibility index (Phi) is 8.16. The molecular formula is C21H28N4O2. The molecule has 6 nitrogen and oxygen atoms in total. The smallest absolute Gasteiger partial charge is 0.224 e. The largest absolute Gasteiger partial charge is 0.497 e. The molecule has 0 atom stereocenters. The van der Waals surface area contributed by atoms with Crippen LogP contribution in [-0.2, 0) is 17.9 Å². The van der Waals surface area contributed by atoms with E-state index in [0.717, 1.165) is 29.0 Å². The molecular weight excluding hydrogens is 340 g/mol. The highest BCUT2D eigenvalue weighted by Gasteiger charge is 2.03. The Morgan fingerprint density at radius 1 is 1.04 bits per heavy atom. The van der Waals surface area contributed by atoms with Gasteiger partial charge in [0.15, 0.2) is 5.96 Å². The van der Waals surface area contributed by atoms with Crippen LogP contribution in [0, 0.1) is 0 Å². The Balaban J connectivity index is 1.85. The normalized spacial score (nSPS) is 11.0. The van der Waals surface area contributed by atoms with Gasteiger partial charge >= 0.3 is 0 Å². The van der Waals surface area contributed by atoms with Gasteiger partial charge in [-0.25, -0.2) is 0 Å². The summed E-state index contributed by atoms with van der Waals surface area (Å²) in [6, 6.07) is 15.7. The van der Waals surface area contributed by atoms with E-state index < -0.39 is 0 Å². The van der Waals surface area contributed by atoms with Crippen LogP contribution < -0.4 is 20.7 Å². The molecule has 0 aliphatic carbocycles. The number of anilines is 1. The topological polar surface area (TPSA) is 74.8 Å². The second-order valence-corrected chi connectivity index (χ2v) is 6.13. The molecule has 144 valence electrons. The van der Waals surface area contributed by atoms with Gasteiger partial charge < -0.3 is 20.7 Å². The number of carbonyl (C=O) groups excluding carboxylic acids is 1. The average molecular weight is 368 g/mol. The molecule has 0 saturated carbocycles. The number of carbonyl (C=O) groups is 1. The van der Waals surface area contributed by atoms with Gasteiger partial charge in [0, 0.05) is 32.2 Å². The molecule has 0 heterocycles. The Labute approximate surface area is 161 Å². The van der Waals surface area contributed by atoms with Crippen molar-refractivity contribution in [3.63, 3.8) is 0 Å². The third-order valence-electron chi connectivity index (χ3n) is 3.99. The fraction of sp³-hybridized carbons (Fsp3) is 0.333. The Bertz CT molecular complexity index is 757. The van der Waals surface area contributed by atoms with Crippen molar-refractivity contribution in [3.05, 3.63) is 59.7 Å². The lowest BCUT2D eigenvalue weighted by molar-refractivity contribution is -0.116. The lowest BCUT2D eigenvalue weighted by atomic mass is 10.2. The Hall–Kier alpha value is -3.02. The number of guanidine groups is 1. The molecule has 2 aromatic rings. The number of amides is 1. The van der Waals surface area contributed by atoms with Gasteiger partial charge in [0.05, 0.1) is 7.11 Å². The number of hydrogen-bond acceptors (Lipinski definition) is 3. The molecule has 6 heteroatoms. The number of methoxy groups -OCH3 is 1. The van der Waals surface area contributed by atoms with Crippen molar-refractivity contribution in [2.75, 3.05) is 19.5 Å². The van der Waals surface area contributed by atoms with E-state index in [1.165, 1.54) is 0 Å². The standard InChI is InChI=1S/C21H28N4O2/c1-4-6-20(26)25-18-8-5-7-17(13-18)15-24-21(22-2)23-14-16-9-11-19(27-3)12-10-16/h5,7-13H,4,6,14-15H2,1-3H3,(H,25,26)(H2,22,23,24). The van der Waals surface area contributed by atoms with Crippen LogP contribution in [0.25, 0.3) is 0 Å². The first kappa shape index (κ1) is 20.3. The van der Waals surface area contributed by atoms with Gasteiger partial charge in [-0.3, -0.25) is 9.79 Å². The van der Waals surface area contributed by atoms with Crippen molar-refractivity contribution in [2.45, 2.75) is 32.9 Å². The summed E-state index contributed by atoms with van der Waals surface area (Å²) in [5.74, 6) is 1.60. The highest BCUT2D eigenvalue weighted by molar-refractivity contribution is 5.90. The van der Waals surface area contributed by atoms with Crippen molar-refractivity contribution in [2.24, 2.45) is 4.99 Å². The summed E-state index contributed by atoms with van der Waals surface area (Å²) in [6.07, 6.45) is 1.37. The summed E-state index contributed by atoms with van der Waals surface area (Å²) in [6.45, 7) is 3.26. The summed E-state index contributed by atoms with van der Waals surface area (Å²) >= 11 is 0. The first-order valence-electron chi connectivity index (χ1n) is 9.10. The first-order chi connectivity index (χ1) is 13.1. The number of nitrogens with zero attached hydrogens (tertiary/aromatic N) is 1. The van der Waals surface area contributed by atoms with Crippen LogP contribution in [0.2, 0.25) is 0 Å². The van der Waals surface area contributed by atoms with Crippen LogP contribution in [0.1, 0.15) is 30.9 Å². The van der Waals surface area contributed by atoms with Gasteiger partial charge in [-0.2, -0.15) is 0 Å². The monoisotopic (exact) mass is 368 g/mol. The zero-order valence-corrected chi connectivity index (χ0v) is 16.2. The van der Waals surface area contributed by atoms with E-state index in [4.69, 9.17) is 4.74 Å². The Morgan fingerprint density at radius 2 is 1.74 bits per heavy atom. The van der Waals surface area contributed by atoms with E-state index in [1.807, 2.05) is 55.5 Å². The Morgan fingerprint density at radius 3 is 2.37 bits per heavy atom. The molecule has 0 unspecified atom stereocenters. The van der Waals surface area contributed by atoms with Crippen molar-refractivity contribution in [1.29, 1.82) is 0 Å². The zero-order chi connectivity index (χ0) is 19.5. The molecule has 0 saturated heterocycles. The molecule has 0 radical (unpaired) electrons. The second-order valence-electron chi connectivity index (χ2n) is 6.13. The molecule has 27 heavy (non-hydrogen) atoms. The molecule has 0 aromatic heterocycles. The van der Waals surface area contributed by atoms with E-state index in [9.17, 15) is 4.79 Å². The van der Waals surface area contributed by atoms with Crippen LogP contribution >= 0.6 is 0 Å². The van der Waals surface area contributed by atoms with E-state index in [0.29, 0.717) is 25.5 Å². The van der Waals surface area contributed by atoms with Gasteiger partial charge in [-0.15, -0.1) is 0 Å². The predicted molar refractivity (Wildman–Crippen MR) is 110 cm³/mol. The maximum Gasteiger partial charge on any atom is 0.224 e. The van der Waals surface area contributed by atoms with E-state index in [1.54, 1.807) is 14.2 Å². The van der Waals surface area contributed by atoms with Crippen LogP contribution in [0.5, 0.6) is 5.75 Å². The fourth-order valence-electron chi connectivity index (χ4n) is 2.55. The van der Waals surface area contributed by atoms with Crippen LogP contribution in [-0.4, -0.2) is 26.0 Å². The van der Waals surface area contributed by atoms with E-state index >= 15 is 0 Å². The van der Waals surface area contributed by atoms with Gasteiger partial charge in [0.2, 0.25) is 5.91 Å². The highest BCUT2D eigenvalue weighted by Crippen LogP contribution is 2.12. The maximum absolute atomic E-state index is 11.7. The fourth-order valence-corrected chi connectivity index (χ4v) is 2.55. The molecule has 0 aliphatic rings. The first-order valence-corrected chi connectivity index (χ1v) is 9.10. The van der Waals surface area contributed by atoms with Crippen LogP contribution in [0.4, 0.5) is 5.69 Å². The SMILES string of the molecule is CCCC(=O)Nc1cccc(CNC(=NC)NCc2ccc(OC)cc2)c1. The minimum absolute atomic E-state index is 0.0413. The van der Waals surface area contributed by atoms with Gasteiger partial charge in [-0.05, 0) is 41.8 Å². The van der Waals surface area contributed by atoms with Gasteiger partial charge in [0.25, 0.3) is 0 Å². The van der Waals surface area contributed by atoms with Crippen molar-refractivity contribution < 1.29 is 9.53 Å². The zero-order valence-electron chi connectivity index (χ0n) is 16.2. The quantitative estimate of drug-likeness (QED) is 0.494. The predicted octanol–water partition coefficient (Wildman–Crippen LogP) is 3.30. The number of rotatable bonds is 8. The lowest BCUT2D eigenvalue weighted by Gasteiger charge is -2.13. The molecule has 0 aliphatic heterocycles. The lowest BCUT2D eigenvalue weighted by Crippen LogP contribution is -2.36. The number of ether oxygens (including phenoxy) is 1. The average Bonchev–Trinajstić information content (AvgIpc) is 2.69. The summed E-state index contributed by atoms with van der Waals surface area (Å²) in [7, 11) is 3.40. The second kappa shape index (κ2) is 10.9. The van der Waals surface area contributed by atoms with Crippen molar-refractivity contribution >= 4 is 17.6 Å². The summed E-state index contributed by atoms with van der Waals surface area (Å²) in [5.41, 5.74) is 3.02. The van der Waals surface area contributed by atoms with Gasteiger partial charge in [-0.1, -0.05) is 31.2 Å². The summed E-state index contributed by atoms with van der Waals surface area (Å²) in [4.78, 5) is 16.0. The van der Waals surface area contributed by atoms with E-state index in [2.05, 4.69) is 20.9 Å². The van der Waals surface area contributed by atoms with Gasteiger partial charge in [0.1, 0.15) is 5.75 Å². The molecule has 0 bridgehead atoms. The number of hydrogen-bond donors (Lipinski definition) is 3. The van der Waals surface area contributed by atoms with E-state index in [-0.39, 0.29) is 5.91 Å². The minimum Gasteiger partial charge on any atom is -0.497 e. The van der Waals surface area contributed by atoms with Crippen molar-refractivity contribution in [1.82, 2.24) is 10.6 Å². The number of nitrogens with one attached hydrogen (secondary N) is 3. The number of benzene rings is 2. The third-order valence-corrected chi connectivity index (χ3v) is 3.99. The molecule has 2 rings (SSSR count). The summed E-state index contributed by atoms with van der Waals surface area (Å²) < 4.78 is 5.17. The number of aliphatic imine (C=N–C) groups is 1.